The van der Waals surface area contributed by atoms with Gasteiger partial charge in [0.05, 0.1) is 6.54 Å². The van der Waals surface area contributed by atoms with E-state index in [0.717, 1.165) is 0 Å². The molecule has 1 amide bonds. The van der Waals surface area contributed by atoms with Gasteiger partial charge in [0.1, 0.15) is 11.7 Å². The molecule has 0 radical (unpaired) electrons. The molecule has 2 N–H and O–H groups in total. The van der Waals surface area contributed by atoms with E-state index < -0.39 is 30.8 Å². The van der Waals surface area contributed by atoms with Gasteiger partial charge in [-0.05, 0) is 20.8 Å². The highest BCUT2D eigenvalue weighted by Crippen LogP contribution is 2.06. The second kappa shape index (κ2) is 5.09. The lowest BCUT2D eigenvalue weighted by atomic mass is 10.2. The summed E-state index contributed by atoms with van der Waals surface area (Å²) in [6, 6.07) is 0. The summed E-state index contributed by atoms with van der Waals surface area (Å²) >= 11 is 0. The van der Waals surface area contributed by atoms with Gasteiger partial charge in [-0.2, -0.15) is 0 Å². The highest BCUT2D eigenvalue weighted by Gasteiger charge is 2.20. The van der Waals surface area contributed by atoms with Gasteiger partial charge in [-0.25, -0.2) is 13.6 Å². The maximum absolute atomic E-state index is 11.8. The Kier molecular flexibility index (Phi) is 4.76. The molecule has 0 spiro atoms. The van der Waals surface area contributed by atoms with Gasteiger partial charge in [-0.3, -0.25) is 0 Å². The summed E-state index contributed by atoms with van der Waals surface area (Å²) in [5.74, 6) is 0. The third-order valence-corrected chi connectivity index (χ3v) is 1.15. The van der Waals surface area contributed by atoms with Gasteiger partial charge in [0.15, 0.2) is 0 Å². The fourth-order valence-electron chi connectivity index (χ4n) is 0.591. The van der Waals surface area contributed by atoms with Crippen molar-refractivity contribution in [3.63, 3.8) is 0 Å². The Morgan fingerprint density at radius 1 is 1.50 bits per heavy atom. The molecule has 0 unspecified atom stereocenters. The number of nitrogens with one attached hydrogen (secondary N) is 1. The molecule has 0 aromatic carbocycles. The Morgan fingerprint density at radius 3 is 2.36 bits per heavy atom. The molecule has 0 saturated heterocycles. The molecular weight excluding hydrogens is 196 g/mol. The summed E-state index contributed by atoms with van der Waals surface area (Å²) in [6.45, 7) is 4.43. The van der Waals surface area contributed by atoms with Gasteiger partial charge < -0.3 is 15.2 Å². The van der Waals surface area contributed by atoms with Crippen molar-refractivity contribution >= 4 is 6.09 Å². The highest BCUT2D eigenvalue weighted by molar-refractivity contribution is 5.67. The number of aliphatic hydroxyl groups excluding tert-OH is 1. The van der Waals surface area contributed by atoms with Crippen LogP contribution in [0.1, 0.15) is 20.8 Å². The lowest BCUT2D eigenvalue weighted by Gasteiger charge is -2.20. The normalized spacial score (nSPS) is 13.9. The van der Waals surface area contributed by atoms with Gasteiger partial charge in [0, 0.05) is 0 Å². The van der Waals surface area contributed by atoms with Crippen LogP contribution in [0, 0.1) is 0 Å². The molecule has 0 aromatic rings. The van der Waals surface area contributed by atoms with Gasteiger partial charge in [0.25, 0.3) is 6.43 Å². The van der Waals surface area contributed by atoms with Crippen molar-refractivity contribution in [2.45, 2.75) is 38.9 Å². The molecule has 14 heavy (non-hydrogen) atoms. The quantitative estimate of drug-likeness (QED) is 0.735. The molecule has 0 aliphatic rings. The molecule has 4 nitrogen and oxygen atoms in total. The fraction of sp³-hybridized carbons (Fsp3) is 0.875. The number of hydrogen-bond donors (Lipinski definition) is 2. The standard InChI is InChI=1S/C8H15F2NO3/c1-8(2,3)14-7(13)11-4-5(12)6(9)10/h5-6,12H,4H2,1-3H3,(H,11,13)/t5-/m0/s1. The Labute approximate surface area is 81.2 Å². The first-order valence-electron chi connectivity index (χ1n) is 4.15. The number of alkyl carbamates (subject to hydrolysis) is 1. The first kappa shape index (κ1) is 13.1. The molecule has 0 bridgehead atoms. The van der Waals surface area contributed by atoms with Crippen molar-refractivity contribution in [2.75, 3.05) is 6.54 Å². The first-order valence-corrected chi connectivity index (χ1v) is 4.15. The van der Waals surface area contributed by atoms with Gasteiger partial charge in [0.2, 0.25) is 0 Å². The van der Waals surface area contributed by atoms with Crippen molar-refractivity contribution in [3.8, 4) is 0 Å². The summed E-state index contributed by atoms with van der Waals surface area (Å²) in [5.41, 5.74) is -0.681. The van der Waals surface area contributed by atoms with Crippen LogP contribution in [0.3, 0.4) is 0 Å². The number of aliphatic hydroxyl groups is 1. The second-order valence-corrected chi connectivity index (χ2v) is 3.78. The van der Waals surface area contributed by atoms with Gasteiger partial charge in [-0.1, -0.05) is 0 Å². The average Bonchev–Trinajstić information content (AvgIpc) is 1.96. The number of rotatable bonds is 3. The van der Waals surface area contributed by atoms with Gasteiger partial charge in [-0.15, -0.1) is 0 Å². The number of carbonyl (C=O) groups is 1. The SMILES string of the molecule is CC(C)(C)OC(=O)NC[C@H](O)C(F)F. The molecule has 6 heteroatoms. The van der Waals surface area contributed by atoms with Crippen LogP contribution < -0.4 is 5.32 Å². The van der Waals surface area contributed by atoms with Crippen LogP contribution in [-0.2, 0) is 4.74 Å². The topological polar surface area (TPSA) is 58.6 Å². The Bertz CT molecular complexity index is 192. The van der Waals surface area contributed by atoms with Crippen LogP contribution in [0.4, 0.5) is 13.6 Å². The highest BCUT2D eigenvalue weighted by atomic mass is 19.3. The molecule has 0 fully saturated rings. The number of carbonyl (C=O) groups excluding carboxylic acids is 1. The molecular formula is C8H15F2NO3. The lowest BCUT2D eigenvalue weighted by molar-refractivity contribution is -0.00623. The van der Waals surface area contributed by atoms with Crippen LogP contribution in [0.25, 0.3) is 0 Å². The minimum absolute atomic E-state index is 0.521. The average molecular weight is 211 g/mol. The number of hydrogen-bond acceptors (Lipinski definition) is 3. The first-order chi connectivity index (χ1) is 6.22. The van der Waals surface area contributed by atoms with Crippen molar-refractivity contribution in [2.24, 2.45) is 0 Å². The van der Waals surface area contributed by atoms with E-state index in [1.54, 1.807) is 20.8 Å². The van der Waals surface area contributed by atoms with Crippen molar-refractivity contribution in [1.82, 2.24) is 5.32 Å². The zero-order valence-corrected chi connectivity index (χ0v) is 8.38. The lowest BCUT2D eigenvalue weighted by Crippen LogP contribution is -2.39. The molecule has 0 rings (SSSR count). The second-order valence-electron chi connectivity index (χ2n) is 3.78. The summed E-state index contributed by atoms with van der Waals surface area (Å²) < 4.78 is 28.3. The van der Waals surface area contributed by atoms with Gasteiger partial charge >= 0.3 is 6.09 Å². The molecule has 0 heterocycles. The number of alkyl halides is 2. The molecule has 0 aromatic heterocycles. The summed E-state index contributed by atoms with van der Waals surface area (Å²) in [7, 11) is 0. The number of amides is 1. The van der Waals surface area contributed by atoms with E-state index in [0.29, 0.717) is 0 Å². The molecule has 84 valence electrons. The van der Waals surface area contributed by atoms with Crippen LogP contribution in [0.15, 0.2) is 0 Å². The Morgan fingerprint density at radius 2 is 2.00 bits per heavy atom. The molecule has 0 saturated carbocycles. The van der Waals surface area contributed by atoms with Crippen LogP contribution in [0.5, 0.6) is 0 Å². The minimum atomic E-state index is -2.87. The molecule has 0 aliphatic carbocycles. The van der Waals surface area contributed by atoms with Crippen LogP contribution in [-0.4, -0.2) is 35.9 Å². The van der Waals surface area contributed by atoms with Crippen LogP contribution >= 0.6 is 0 Å². The molecule has 0 aliphatic heterocycles. The van der Waals surface area contributed by atoms with E-state index in [-0.39, 0.29) is 0 Å². The Balaban J connectivity index is 3.75. The van der Waals surface area contributed by atoms with E-state index in [4.69, 9.17) is 9.84 Å². The predicted octanol–water partition coefficient (Wildman–Crippen LogP) is 1.14. The maximum Gasteiger partial charge on any atom is 0.407 e. The van der Waals surface area contributed by atoms with E-state index >= 15 is 0 Å². The van der Waals surface area contributed by atoms with E-state index in [1.165, 1.54) is 0 Å². The number of halogens is 2. The predicted molar refractivity (Wildman–Crippen MR) is 46.2 cm³/mol. The third kappa shape index (κ3) is 6.59. The van der Waals surface area contributed by atoms with E-state index in [1.807, 2.05) is 5.32 Å². The van der Waals surface area contributed by atoms with Crippen molar-refractivity contribution < 1.29 is 23.4 Å². The summed E-state index contributed by atoms with van der Waals surface area (Å²) in [6.07, 6.45) is -5.55. The molecule has 1 atom stereocenters. The van der Waals surface area contributed by atoms with E-state index in [9.17, 15) is 13.6 Å². The zero-order chi connectivity index (χ0) is 11.4. The van der Waals surface area contributed by atoms with Crippen molar-refractivity contribution in [1.29, 1.82) is 0 Å². The number of ether oxygens (including phenoxy) is 1. The van der Waals surface area contributed by atoms with Crippen LogP contribution in [0.2, 0.25) is 0 Å². The smallest absolute Gasteiger partial charge is 0.407 e. The summed E-state index contributed by atoms with van der Waals surface area (Å²) in [5, 5.41) is 10.7. The van der Waals surface area contributed by atoms with Crippen molar-refractivity contribution in [3.05, 3.63) is 0 Å². The zero-order valence-electron chi connectivity index (χ0n) is 8.38. The van der Waals surface area contributed by atoms with E-state index in [2.05, 4.69) is 0 Å². The Hall–Kier alpha value is -0.910. The third-order valence-electron chi connectivity index (χ3n) is 1.15. The minimum Gasteiger partial charge on any atom is -0.444 e. The fourth-order valence-corrected chi connectivity index (χ4v) is 0.591. The monoisotopic (exact) mass is 211 g/mol. The maximum atomic E-state index is 11.8. The summed E-state index contributed by atoms with van der Waals surface area (Å²) in [4.78, 5) is 10.9. The largest absolute Gasteiger partial charge is 0.444 e.